The van der Waals surface area contributed by atoms with Crippen molar-refractivity contribution in [3.05, 3.63) is 65.2 Å². The molecule has 12 heteroatoms. The number of rotatable bonds is 6. The fraction of sp³-hybridized carbons (Fsp3) is 0.562. The van der Waals surface area contributed by atoms with Crippen molar-refractivity contribution in [3.63, 3.8) is 0 Å². The number of ether oxygens (including phenoxy) is 2. The minimum absolute atomic E-state index is 0.0609. The van der Waals surface area contributed by atoms with Gasteiger partial charge in [-0.25, -0.2) is 9.59 Å². The van der Waals surface area contributed by atoms with Gasteiger partial charge in [0.25, 0.3) is 0 Å². The Balaban J connectivity index is 1.12. The van der Waals surface area contributed by atoms with Crippen molar-refractivity contribution in [2.24, 2.45) is 5.92 Å². The minimum atomic E-state index is -4.46. The van der Waals surface area contributed by atoms with E-state index in [4.69, 9.17) is 9.47 Å². The molecule has 3 heterocycles. The molecule has 240 valence electrons. The smallest absolute Gasteiger partial charge is 0.416 e. The van der Waals surface area contributed by atoms with Crippen LogP contribution in [0.1, 0.15) is 62.4 Å². The summed E-state index contributed by atoms with van der Waals surface area (Å²) in [5.41, 5.74) is 0.947. The maximum Gasteiger partial charge on any atom is 0.416 e. The molecule has 0 unspecified atom stereocenters. The number of hydrogen-bond acceptors (Lipinski definition) is 6. The summed E-state index contributed by atoms with van der Waals surface area (Å²) < 4.78 is 52.7. The summed E-state index contributed by atoms with van der Waals surface area (Å²) in [5, 5.41) is 9.21. The Morgan fingerprint density at radius 1 is 1.00 bits per heavy atom. The Bertz CT molecular complexity index is 1300. The number of hydrogen-bond donors (Lipinski definition) is 3. The number of carbonyl (C=O) groups excluding carboxylic acids is 2. The summed E-state index contributed by atoms with van der Waals surface area (Å²) in [6.45, 7) is 9.38. The fourth-order valence-electron chi connectivity index (χ4n) is 6.15. The molecule has 5 rings (SSSR count). The molecule has 0 saturated carbocycles. The van der Waals surface area contributed by atoms with Crippen LogP contribution in [0.15, 0.2) is 48.5 Å². The summed E-state index contributed by atoms with van der Waals surface area (Å²) in [6.07, 6.45) is -4.24. The Kier molecular flexibility index (Phi) is 9.59. The number of piperazine rings is 1. The zero-order valence-corrected chi connectivity index (χ0v) is 25.5. The molecule has 3 amide bonds. The number of alkyl halides is 3. The highest BCUT2D eigenvalue weighted by atomic mass is 19.4. The molecule has 0 spiro atoms. The standard InChI is InChI=1S/C32H42F3N5O4/c1-31(2,3)44-30(42)40-17-15-39(16-18-40)14-13-36-29(41)37-20-23-10-11-24-27(21-7-5-4-6-8-21)38-26-12-9-22(32(33,34)35)19-25(26)28(24)43-23/h4-9,12,19,23-24,27-28,38H,10-11,13-18,20H2,1-3H3,(H2,36,37,41)/t23-,24+,27+,28+/m1/s1. The number of amides is 3. The van der Waals surface area contributed by atoms with Crippen LogP contribution in [0, 0.1) is 5.92 Å². The Labute approximate surface area is 256 Å². The molecule has 0 aliphatic carbocycles. The lowest BCUT2D eigenvalue weighted by molar-refractivity contribution is -0.138. The third-order valence-corrected chi connectivity index (χ3v) is 8.36. The number of nitrogens with one attached hydrogen (secondary N) is 3. The van der Waals surface area contributed by atoms with E-state index in [2.05, 4.69) is 20.9 Å². The third kappa shape index (κ3) is 7.95. The monoisotopic (exact) mass is 617 g/mol. The van der Waals surface area contributed by atoms with Crippen molar-refractivity contribution < 1.29 is 32.2 Å². The van der Waals surface area contributed by atoms with E-state index >= 15 is 0 Å². The molecule has 2 saturated heterocycles. The van der Waals surface area contributed by atoms with Crippen LogP contribution >= 0.6 is 0 Å². The van der Waals surface area contributed by atoms with Gasteiger partial charge in [-0.1, -0.05) is 30.3 Å². The fourth-order valence-corrected chi connectivity index (χ4v) is 6.15. The van der Waals surface area contributed by atoms with Gasteiger partial charge in [-0.3, -0.25) is 4.90 Å². The molecular weight excluding hydrogens is 575 g/mol. The van der Waals surface area contributed by atoms with E-state index in [-0.39, 0.29) is 36.7 Å². The highest BCUT2D eigenvalue weighted by Gasteiger charge is 2.43. The average Bonchev–Trinajstić information content (AvgIpc) is 2.98. The van der Waals surface area contributed by atoms with Gasteiger partial charge in [0.1, 0.15) is 5.60 Å². The van der Waals surface area contributed by atoms with Crippen LogP contribution in [0.2, 0.25) is 0 Å². The molecular formula is C32H42F3N5O4. The van der Waals surface area contributed by atoms with Crippen LogP contribution in [0.25, 0.3) is 0 Å². The van der Waals surface area contributed by atoms with Crippen LogP contribution < -0.4 is 16.0 Å². The number of anilines is 1. The van der Waals surface area contributed by atoms with Gasteiger partial charge in [0, 0.05) is 63.0 Å². The van der Waals surface area contributed by atoms with E-state index in [0.717, 1.165) is 18.1 Å². The molecule has 44 heavy (non-hydrogen) atoms. The van der Waals surface area contributed by atoms with Gasteiger partial charge in [0.05, 0.1) is 23.8 Å². The van der Waals surface area contributed by atoms with Gasteiger partial charge >= 0.3 is 18.3 Å². The molecule has 0 bridgehead atoms. The molecule has 0 radical (unpaired) electrons. The lowest BCUT2D eigenvalue weighted by atomic mass is 9.76. The van der Waals surface area contributed by atoms with E-state index in [1.54, 1.807) is 4.90 Å². The first kappa shape index (κ1) is 31.9. The lowest BCUT2D eigenvalue weighted by Crippen LogP contribution is -2.52. The summed E-state index contributed by atoms with van der Waals surface area (Å²) in [4.78, 5) is 28.7. The number of carbonyl (C=O) groups is 2. The van der Waals surface area contributed by atoms with E-state index in [1.165, 1.54) is 12.1 Å². The Hall–Kier alpha value is -3.51. The summed E-state index contributed by atoms with van der Waals surface area (Å²) in [6, 6.07) is 13.2. The number of urea groups is 1. The predicted molar refractivity (Wildman–Crippen MR) is 160 cm³/mol. The quantitative estimate of drug-likeness (QED) is 0.393. The van der Waals surface area contributed by atoms with E-state index in [9.17, 15) is 22.8 Å². The van der Waals surface area contributed by atoms with Gasteiger partial charge in [0.2, 0.25) is 0 Å². The largest absolute Gasteiger partial charge is 0.444 e. The summed E-state index contributed by atoms with van der Waals surface area (Å²) in [5.74, 6) is -0.0609. The van der Waals surface area contributed by atoms with Crippen LogP contribution in [0.4, 0.5) is 28.4 Å². The first-order valence-corrected chi connectivity index (χ1v) is 15.3. The first-order valence-electron chi connectivity index (χ1n) is 15.3. The molecule has 2 aromatic carbocycles. The summed E-state index contributed by atoms with van der Waals surface area (Å²) in [7, 11) is 0. The third-order valence-electron chi connectivity index (χ3n) is 8.36. The van der Waals surface area contributed by atoms with Crippen molar-refractivity contribution in [2.75, 3.05) is 51.1 Å². The number of fused-ring (bicyclic) bond motifs is 3. The van der Waals surface area contributed by atoms with Crippen molar-refractivity contribution in [1.29, 1.82) is 0 Å². The van der Waals surface area contributed by atoms with Crippen LogP contribution in [-0.2, 0) is 15.7 Å². The van der Waals surface area contributed by atoms with Gasteiger partial charge in [-0.15, -0.1) is 0 Å². The maximum atomic E-state index is 13.6. The zero-order valence-electron chi connectivity index (χ0n) is 25.5. The molecule has 2 fully saturated rings. The maximum absolute atomic E-state index is 13.6. The highest BCUT2D eigenvalue weighted by molar-refractivity contribution is 5.73. The number of nitrogens with zero attached hydrogens (tertiary/aromatic N) is 2. The van der Waals surface area contributed by atoms with Crippen molar-refractivity contribution in [3.8, 4) is 0 Å². The van der Waals surface area contributed by atoms with Gasteiger partial charge in [-0.2, -0.15) is 13.2 Å². The van der Waals surface area contributed by atoms with E-state index in [0.29, 0.717) is 56.9 Å². The average molecular weight is 618 g/mol. The van der Waals surface area contributed by atoms with Crippen molar-refractivity contribution in [1.82, 2.24) is 20.4 Å². The second-order valence-corrected chi connectivity index (χ2v) is 12.7. The molecule has 3 aliphatic heterocycles. The molecule has 0 aromatic heterocycles. The molecule has 3 aliphatic rings. The predicted octanol–water partition coefficient (Wildman–Crippen LogP) is 5.56. The second kappa shape index (κ2) is 13.2. The summed E-state index contributed by atoms with van der Waals surface area (Å²) >= 11 is 0. The number of benzene rings is 2. The van der Waals surface area contributed by atoms with Gasteiger partial charge < -0.3 is 30.3 Å². The van der Waals surface area contributed by atoms with Crippen LogP contribution in [0.3, 0.4) is 0 Å². The van der Waals surface area contributed by atoms with Gasteiger partial charge in [0.15, 0.2) is 0 Å². The topological polar surface area (TPSA) is 95.2 Å². The first-order chi connectivity index (χ1) is 20.9. The zero-order chi connectivity index (χ0) is 31.5. The molecule has 2 aromatic rings. The Morgan fingerprint density at radius 3 is 2.41 bits per heavy atom. The van der Waals surface area contributed by atoms with Crippen LogP contribution in [-0.4, -0.2) is 79.4 Å². The number of halogens is 3. The lowest BCUT2D eigenvalue weighted by Gasteiger charge is -2.46. The van der Waals surface area contributed by atoms with E-state index < -0.39 is 23.4 Å². The normalized spacial score (nSPS) is 24.0. The van der Waals surface area contributed by atoms with Gasteiger partial charge in [-0.05, 0) is 57.4 Å². The van der Waals surface area contributed by atoms with Crippen molar-refractivity contribution >= 4 is 17.8 Å². The van der Waals surface area contributed by atoms with Crippen LogP contribution in [0.5, 0.6) is 0 Å². The SMILES string of the molecule is CC(C)(C)OC(=O)N1CCN(CCNC(=O)NC[C@H]2CC[C@@H]3[C@H](O2)c2cc(C(F)(F)F)ccc2N[C@H]3c2ccccc2)CC1. The van der Waals surface area contributed by atoms with Crippen molar-refractivity contribution in [2.45, 2.75) is 63.6 Å². The Morgan fingerprint density at radius 2 is 1.73 bits per heavy atom. The highest BCUT2D eigenvalue weighted by Crippen LogP contribution is 2.51. The molecule has 3 N–H and O–H groups in total. The molecule has 4 atom stereocenters. The minimum Gasteiger partial charge on any atom is -0.444 e. The molecule has 9 nitrogen and oxygen atoms in total. The van der Waals surface area contributed by atoms with E-state index in [1.807, 2.05) is 51.1 Å². The second-order valence-electron chi connectivity index (χ2n) is 12.7.